The number of carbonyl (C=O) groups excluding carboxylic acids is 2. The summed E-state index contributed by atoms with van der Waals surface area (Å²) in [5.41, 5.74) is 0.291. The number of halogens is 1. The molecule has 0 aliphatic heterocycles. The van der Waals surface area contributed by atoms with Crippen LogP contribution in [0.25, 0.3) is 0 Å². The van der Waals surface area contributed by atoms with Crippen molar-refractivity contribution in [2.45, 2.75) is 20.0 Å². The van der Waals surface area contributed by atoms with Gasteiger partial charge in [0.2, 0.25) is 0 Å². The number of carbonyl (C=O) groups is 2. The summed E-state index contributed by atoms with van der Waals surface area (Å²) in [5.74, 6) is -0.342. The molecule has 1 amide bonds. The van der Waals surface area contributed by atoms with Crippen molar-refractivity contribution < 1.29 is 18.7 Å². The Bertz CT molecular complexity index is 651. The number of amides is 1. The molecule has 0 aliphatic rings. The SMILES string of the molecule is Cc1occc1C(=O)O[C@@H](C)C(=O)Nc1ccc(Cl)cn1. The molecule has 6 nitrogen and oxygen atoms in total. The molecule has 0 spiro atoms. The number of aromatic nitrogens is 1. The Hall–Kier alpha value is -2.34. The summed E-state index contributed by atoms with van der Waals surface area (Å²) in [6.07, 6.45) is 1.82. The molecule has 2 heterocycles. The van der Waals surface area contributed by atoms with E-state index in [1.165, 1.54) is 25.5 Å². The molecular weight excluding hydrogens is 296 g/mol. The fourth-order valence-electron chi connectivity index (χ4n) is 1.55. The van der Waals surface area contributed by atoms with Crippen LogP contribution in [0.4, 0.5) is 5.82 Å². The van der Waals surface area contributed by atoms with E-state index in [4.69, 9.17) is 20.8 Å². The van der Waals surface area contributed by atoms with Gasteiger partial charge in [0, 0.05) is 6.20 Å². The number of aryl methyl sites for hydroxylation is 1. The van der Waals surface area contributed by atoms with Gasteiger partial charge in [-0.3, -0.25) is 4.79 Å². The van der Waals surface area contributed by atoms with E-state index < -0.39 is 18.0 Å². The highest BCUT2D eigenvalue weighted by Gasteiger charge is 2.21. The predicted molar refractivity (Wildman–Crippen MR) is 76.2 cm³/mol. The summed E-state index contributed by atoms with van der Waals surface area (Å²) in [6.45, 7) is 3.11. The van der Waals surface area contributed by atoms with E-state index in [2.05, 4.69) is 10.3 Å². The fourth-order valence-corrected chi connectivity index (χ4v) is 1.66. The van der Waals surface area contributed by atoms with Gasteiger partial charge in [-0.25, -0.2) is 9.78 Å². The molecule has 0 bridgehead atoms. The second kappa shape index (κ2) is 6.41. The van der Waals surface area contributed by atoms with Gasteiger partial charge in [0.1, 0.15) is 17.1 Å². The van der Waals surface area contributed by atoms with Gasteiger partial charge in [0.25, 0.3) is 5.91 Å². The Morgan fingerprint density at radius 3 is 2.71 bits per heavy atom. The number of pyridine rings is 1. The molecule has 0 saturated carbocycles. The summed E-state index contributed by atoms with van der Waals surface area (Å²) in [4.78, 5) is 27.7. The van der Waals surface area contributed by atoms with E-state index in [1.807, 2.05) is 0 Å². The molecule has 1 atom stereocenters. The summed E-state index contributed by atoms with van der Waals surface area (Å²) < 4.78 is 10.1. The Morgan fingerprint density at radius 2 is 2.14 bits per heavy atom. The zero-order valence-electron chi connectivity index (χ0n) is 11.4. The summed E-state index contributed by atoms with van der Waals surface area (Å²) in [7, 11) is 0. The first-order valence-corrected chi connectivity index (χ1v) is 6.52. The minimum atomic E-state index is -0.968. The van der Waals surface area contributed by atoms with Gasteiger partial charge >= 0.3 is 5.97 Å². The lowest BCUT2D eigenvalue weighted by Gasteiger charge is -2.12. The number of ether oxygens (including phenoxy) is 1. The minimum absolute atomic E-state index is 0.291. The standard InChI is InChI=1S/C14H13ClN2O4/c1-8-11(5-6-20-8)14(19)21-9(2)13(18)17-12-4-3-10(15)7-16-12/h3-7,9H,1-2H3,(H,16,17,18)/t9-/m0/s1. The molecule has 0 unspecified atom stereocenters. The van der Waals surface area contributed by atoms with Crippen molar-refractivity contribution >= 4 is 29.3 Å². The van der Waals surface area contributed by atoms with Crippen LogP contribution < -0.4 is 5.32 Å². The van der Waals surface area contributed by atoms with Gasteiger partial charge in [-0.15, -0.1) is 0 Å². The molecule has 0 fully saturated rings. The fraction of sp³-hybridized carbons (Fsp3) is 0.214. The highest BCUT2D eigenvalue weighted by atomic mass is 35.5. The van der Waals surface area contributed by atoms with Gasteiger partial charge in [-0.2, -0.15) is 0 Å². The summed E-state index contributed by atoms with van der Waals surface area (Å²) >= 11 is 5.70. The Balaban J connectivity index is 1.95. The average molecular weight is 309 g/mol. The highest BCUT2D eigenvalue weighted by Crippen LogP contribution is 2.13. The lowest BCUT2D eigenvalue weighted by Crippen LogP contribution is -2.30. The van der Waals surface area contributed by atoms with Crippen LogP contribution in [0.3, 0.4) is 0 Å². The van der Waals surface area contributed by atoms with Crippen molar-refractivity contribution in [3.63, 3.8) is 0 Å². The third-order valence-electron chi connectivity index (χ3n) is 2.71. The van der Waals surface area contributed by atoms with E-state index in [-0.39, 0.29) is 0 Å². The summed E-state index contributed by atoms with van der Waals surface area (Å²) in [6, 6.07) is 4.63. The Kier molecular flexibility index (Phi) is 4.59. The number of furan rings is 1. The van der Waals surface area contributed by atoms with Crippen LogP contribution in [0.2, 0.25) is 5.02 Å². The third kappa shape index (κ3) is 3.82. The van der Waals surface area contributed by atoms with Crippen LogP contribution >= 0.6 is 11.6 Å². The molecule has 0 aromatic carbocycles. The lowest BCUT2D eigenvalue weighted by molar-refractivity contribution is -0.123. The van der Waals surface area contributed by atoms with E-state index >= 15 is 0 Å². The normalized spacial score (nSPS) is 11.8. The van der Waals surface area contributed by atoms with Crippen LogP contribution in [-0.2, 0) is 9.53 Å². The topological polar surface area (TPSA) is 81.4 Å². The molecular formula is C14H13ClN2O4. The third-order valence-corrected chi connectivity index (χ3v) is 2.93. The largest absolute Gasteiger partial charge is 0.469 e. The number of anilines is 1. The van der Waals surface area contributed by atoms with Crippen molar-refractivity contribution in [1.82, 2.24) is 4.98 Å². The number of nitrogens with zero attached hydrogens (tertiary/aromatic N) is 1. The van der Waals surface area contributed by atoms with Crippen molar-refractivity contribution in [1.29, 1.82) is 0 Å². The smallest absolute Gasteiger partial charge is 0.342 e. The van der Waals surface area contributed by atoms with Gasteiger partial charge < -0.3 is 14.5 Å². The van der Waals surface area contributed by atoms with Crippen LogP contribution in [-0.4, -0.2) is 23.0 Å². The van der Waals surface area contributed by atoms with Crippen molar-refractivity contribution in [3.8, 4) is 0 Å². The van der Waals surface area contributed by atoms with Crippen molar-refractivity contribution in [3.05, 3.63) is 47.0 Å². The molecule has 0 aliphatic carbocycles. The van der Waals surface area contributed by atoms with E-state index in [0.29, 0.717) is 22.2 Å². The number of rotatable bonds is 4. The van der Waals surface area contributed by atoms with Crippen molar-refractivity contribution in [2.75, 3.05) is 5.32 Å². The lowest BCUT2D eigenvalue weighted by atomic mass is 10.2. The Morgan fingerprint density at radius 1 is 1.38 bits per heavy atom. The number of nitrogens with one attached hydrogen (secondary N) is 1. The van der Waals surface area contributed by atoms with Crippen molar-refractivity contribution in [2.24, 2.45) is 0 Å². The molecule has 7 heteroatoms. The molecule has 2 rings (SSSR count). The number of hydrogen-bond acceptors (Lipinski definition) is 5. The van der Waals surface area contributed by atoms with Gasteiger partial charge in [0.15, 0.2) is 6.10 Å². The monoisotopic (exact) mass is 308 g/mol. The second-order valence-corrected chi connectivity index (χ2v) is 4.73. The molecule has 21 heavy (non-hydrogen) atoms. The van der Waals surface area contributed by atoms with E-state index in [1.54, 1.807) is 19.1 Å². The highest BCUT2D eigenvalue weighted by molar-refractivity contribution is 6.30. The minimum Gasteiger partial charge on any atom is -0.469 e. The molecule has 110 valence electrons. The van der Waals surface area contributed by atoms with Gasteiger partial charge in [-0.05, 0) is 32.0 Å². The van der Waals surface area contributed by atoms with E-state index in [0.717, 1.165) is 0 Å². The average Bonchev–Trinajstić information content (AvgIpc) is 2.87. The number of hydrogen-bond donors (Lipinski definition) is 1. The van der Waals surface area contributed by atoms with Crippen LogP contribution in [0, 0.1) is 6.92 Å². The molecule has 2 aromatic heterocycles. The van der Waals surface area contributed by atoms with Gasteiger partial charge in [0.05, 0.1) is 11.3 Å². The molecule has 0 saturated heterocycles. The zero-order valence-corrected chi connectivity index (χ0v) is 12.2. The maximum Gasteiger partial charge on any atom is 0.342 e. The summed E-state index contributed by atoms with van der Waals surface area (Å²) in [5, 5.41) is 2.99. The molecule has 1 N–H and O–H groups in total. The van der Waals surface area contributed by atoms with Gasteiger partial charge in [-0.1, -0.05) is 11.6 Å². The first-order valence-electron chi connectivity index (χ1n) is 6.15. The van der Waals surface area contributed by atoms with Crippen LogP contribution in [0.15, 0.2) is 35.1 Å². The molecule has 0 radical (unpaired) electrons. The van der Waals surface area contributed by atoms with Crippen LogP contribution in [0.5, 0.6) is 0 Å². The zero-order chi connectivity index (χ0) is 15.4. The first-order chi connectivity index (χ1) is 9.97. The van der Waals surface area contributed by atoms with E-state index in [9.17, 15) is 9.59 Å². The maximum absolute atomic E-state index is 11.9. The quantitative estimate of drug-likeness (QED) is 0.878. The molecule has 2 aromatic rings. The maximum atomic E-state index is 11.9. The van der Waals surface area contributed by atoms with Crippen LogP contribution in [0.1, 0.15) is 23.0 Å². The first kappa shape index (κ1) is 15.1. The predicted octanol–water partition coefficient (Wildman–Crippen LogP) is 2.82. The number of esters is 1. The second-order valence-electron chi connectivity index (χ2n) is 4.29. The Labute approximate surface area is 126 Å².